The van der Waals surface area contributed by atoms with Crippen LogP contribution in [0.1, 0.15) is 90.0 Å². The maximum atomic E-state index is 5.84. The molecule has 0 fully saturated rings. The Bertz CT molecular complexity index is 726. The van der Waals surface area contributed by atoms with Crippen LogP contribution in [-0.2, 0) is 0 Å². The Labute approximate surface area is 177 Å². The fourth-order valence-electron chi connectivity index (χ4n) is 3.12. The number of hydrogen-bond acceptors (Lipinski definition) is 3. The van der Waals surface area contributed by atoms with Gasteiger partial charge in [0.2, 0.25) is 0 Å². The van der Waals surface area contributed by atoms with Crippen molar-refractivity contribution < 1.29 is 4.74 Å². The van der Waals surface area contributed by atoms with Crippen LogP contribution >= 0.6 is 0 Å². The van der Waals surface area contributed by atoms with Crippen molar-refractivity contribution in [3.05, 3.63) is 42.2 Å². The van der Waals surface area contributed by atoms with Crippen molar-refractivity contribution in [1.29, 1.82) is 0 Å². The molecule has 0 radical (unpaired) electrons. The van der Waals surface area contributed by atoms with Gasteiger partial charge in [0.25, 0.3) is 0 Å². The Balaban J connectivity index is 1.74. The zero-order chi connectivity index (χ0) is 20.6. The van der Waals surface area contributed by atoms with E-state index in [9.17, 15) is 0 Å². The number of benzene rings is 1. The zero-order valence-corrected chi connectivity index (χ0v) is 18.3. The number of nitrogens with zero attached hydrogens (tertiary/aromatic N) is 2. The highest BCUT2D eigenvalue weighted by molar-refractivity contribution is 5.56. The molecule has 0 aliphatic rings. The van der Waals surface area contributed by atoms with Crippen LogP contribution in [0.4, 0.5) is 0 Å². The summed E-state index contributed by atoms with van der Waals surface area (Å²) in [5.41, 5.74) is 1.87. The van der Waals surface area contributed by atoms with Crippen LogP contribution in [0.15, 0.2) is 36.7 Å². The molecule has 0 N–H and O–H groups in total. The van der Waals surface area contributed by atoms with E-state index >= 15 is 0 Å². The Hall–Kier alpha value is -2.34. The minimum absolute atomic E-state index is 0.723. The van der Waals surface area contributed by atoms with Gasteiger partial charge in [0.15, 0.2) is 5.82 Å². The third kappa shape index (κ3) is 9.61. The van der Waals surface area contributed by atoms with Crippen molar-refractivity contribution in [2.24, 2.45) is 0 Å². The van der Waals surface area contributed by atoms with Gasteiger partial charge in [-0.05, 0) is 37.1 Å². The van der Waals surface area contributed by atoms with Crippen molar-refractivity contribution in [3.8, 4) is 29.0 Å². The van der Waals surface area contributed by atoms with Crippen LogP contribution < -0.4 is 4.74 Å². The van der Waals surface area contributed by atoms with Crippen molar-refractivity contribution in [3.63, 3.8) is 0 Å². The molecule has 0 bridgehead atoms. The largest absolute Gasteiger partial charge is 0.494 e. The fourth-order valence-corrected chi connectivity index (χ4v) is 3.12. The molecule has 1 aromatic heterocycles. The summed E-state index contributed by atoms with van der Waals surface area (Å²) in [7, 11) is 0. The first-order chi connectivity index (χ1) is 14.3. The predicted octanol–water partition coefficient (Wildman–Crippen LogP) is 7.20. The first-order valence-electron chi connectivity index (χ1n) is 11.4. The van der Waals surface area contributed by atoms with Crippen LogP contribution in [0.2, 0.25) is 0 Å². The minimum atomic E-state index is 0.723. The molecule has 156 valence electrons. The highest BCUT2D eigenvalue weighted by Gasteiger charge is 2.02. The molecular weight excluding hydrogens is 356 g/mol. The Morgan fingerprint density at radius 2 is 1.38 bits per heavy atom. The van der Waals surface area contributed by atoms with Gasteiger partial charge in [0.1, 0.15) is 5.75 Å². The van der Waals surface area contributed by atoms with Crippen LogP contribution in [0.3, 0.4) is 0 Å². The summed E-state index contributed by atoms with van der Waals surface area (Å²) in [5, 5.41) is 0. The molecule has 0 unspecified atom stereocenters. The standard InChI is InChI=1S/C26H36N2O/c1-3-5-7-9-11-13-15-23-21-27-26(28-22-23)24-16-18-25(19-17-24)29-20-14-12-10-8-6-4-2/h16-19,21-22H,3-12,14,20H2,1-2H3. The third-order valence-corrected chi connectivity index (χ3v) is 4.92. The molecule has 1 aromatic carbocycles. The maximum Gasteiger partial charge on any atom is 0.159 e. The van der Waals surface area contributed by atoms with Gasteiger partial charge in [0.05, 0.1) is 12.2 Å². The summed E-state index contributed by atoms with van der Waals surface area (Å²) < 4.78 is 5.84. The predicted molar refractivity (Wildman–Crippen MR) is 122 cm³/mol. The Morgan fingerprint density at radius 1 is 0.759 bits per heavy atom. The lowest BCUT2D eigenvalue weighted by Gasteiger charge is -2.07. The number of ether oxygens (including phenoxy) is 1. The summed E-state index contributed by atoms with van der Waals surface area (Å²) in [6, 6.07) is 8.04. The summed E-state index contributed by atoms with van der Waals surface area (Å²) in [6.45, 7) is 5.26. The van der Waals surface area contributed by atoms with E-state index in [1.54, 1.807) is 0 Å². The molecule has 29 heavy (non-hydrogen) atoms. The van der Waals surface area contributed by atoms with Crippen molar-refractivity contribution in [2.75, 3.05) is 6.61 Å². The fraction of sp³-hybridized carbons (Fsp3) is 0.538. The van der Waals surface area contributed by atoms with E-state index in [0.29, 0.717) is 0 Å². The molecule has 1 heterocycles. The number of unbranched alkanes of at least 4 members (excludes halogenated alkanes) is 9. The summed E-state index contributed by atoms with van der Waals surface area (Å²) in [5.74, 6) is 8.01. The lowest BCUT2D eigenvalue weighted by Crippen LogP contribution is -1.97. The Kier molecular flexibility index (Phi) is 11.6. The third-order valence-electron chi connectivity index (χ3n) is 4.92. The van der Waals surface area contributed by atoms with E-state index in [2.05, 4.69) is 35.7 Å². The van der Waals surface area contributed by atoms with Gasteiger partial charge in [0, 0.05) is 24.4 Å². The Morgan fingerprint density at radius 3 is 2.07 bits per heavy atom. The average molecular weight is 393 g/mol. The van der Waals surface area contributed by atoms with Gasteiger partial charge >= 0.3 is 0 Å². The lowest BCUT2D eigenvalue weighted by molar-refractivity contribution is 0.304. The van der Waals surface area contributed by atoms with Crippen LogP contribution in [0.25, 0.3) is 11.4 Å². The monoisotopic (exact) mass is 392 g/mol. The normalized spacial score (nSPS) is 10.4. The topological polar surface area (TPSA) is 35.0 Å². The molecule has 0 amide bonds. The molecule has 0 saturated carbocycles. The van der Waals surface area contributed by atoms with Crippen LogP contribution in [-0.4, -0.2) is 16.6 Å². The quantitative estimate of drug-likeness (QED) is 0.267. The van der Waals surface area contributed by atoms with Gasteiger partial charge in [-0.2, -0.15) is 0 Å². The lowest BCUT2D eigenvalue weighted by atomic mass is 10.1. The van der Waals surface area contributed by atoms with Gasteiger partial charge in [-0.25, -0.2) is 9.97 Å². The van der Waals surface area contributed by atoms with E-state index in [1.165, 1.54) is 57.8 Å². The molecular formula is C26H36N2O. The van der Waals surface area contributed by atoms with Gasteiger partial charge in [-0.1, -0.05) is 77.1 Å². The summed E-state index contributed by atoms with van der Waals surface area (Å²) in [4.78, 5) is 8.93. The number of hydrogen-bond donors (Lipinski definition) is 0. The van der Waals surface area contributed by atoms with Crippen molar-refractivity contribution >= 4 is 0 Å². The van der Waals surface area contributed by atoms with Gasteiger partial charge in [-0.15, -0.1) is 0 Å². The summed E-state index contributed by atoms with van der Waals surface area (Å²) in [6.07, 6.45) is 17.2. The molecule has 0 aliphatic carbocycles. The second-order valence-corrected chi connectivity index (χ2v) is 7.55. The number of rotatable bonds is 13. The second-order valence-electron chi connectivity index (χ2n) is 7.55. The highest BCUT2D eigenvalue weighted by Crippen LogP contribution is 2.19. The van der Waals surface area contributed by atoms with E-state index in [-0.39, 0.29) is 0 Å². The minimum Gasteiger partial charge on any atom is -0.494 e. The molecule has 0 spiro atoms. The summed E-state index contributed by atoms with van der Waals surface area (Å²) >= 11 is 0. The first-order valence-corrected chi connectivity index (χ1v) is 11.4. The maximum absolute atomic E-state index is 5.84. The molecule has 0 atom stereocenters. The molecule has 0 saturated heterocycles. The molecule has 0 aliphatic heterocycles. The van der Waals surface area contributed by atoms with E-state index in [4.69, 9.17) is 4.74 Å². The van der Waals surface area contributed by atoms with Gasteiger partial charge in [-0.3, -0.25) is 0 Å². The van der Waals surface area contributed by atoms with E-state index in [1.807, 2.05) is 36.7 Å². The van der Waals surface area contributed by atoms with E-state index < -0.39 is 0 Å². The second kappa shape index (κ2) is 14.6. The molecule has 3 heteroatoms. The smallest absolute Gasteiger partial charge is 0.159 e. The molecule has 3 nitrogen and oxygen atoms in total. The van der Waals surface area contributed by atoms with Gasteiger partial charge < -0.3 is 4.74 Å². The first kappa shape index (κ1) is 22.9. The van der Waals surface area contributed by atoms with Crippen molar-refractivity contribution in [2.45, 2.75) is 84.5 Å². The molecule has 2 aromatic rings. The van der Waals surface area contributed by atoms with Crippen LogP contribution in [0.5, 0.6) is 5.75 Å². The number of aromatic nitrogens is 2. The zero-order valence-electron chi connectivity index (χ0n) is 18.3. The SMILES string of the molecule is CCCCCCC#Cc1cnc(-c2ccc(OCCCCCCCC)cc2)nc1. The van der Waals surface area contributed by atoms with E-state index in [0.717, 1.165) is 42.1 Å². The average Bonchev–Trinajstić information content (AvgIpc) is 2.76. The molecule has 2 rings (SSSR count). The van der Waals surface area contributed by atoms with Crippen molar-refractivity contribution in [1.82, 2.24) is 9.97 Å². The van der Waals surface area contributed by atoms with Crippen LogP contribution in [0, 0.1) is 11.8 Å². The highest BCUT2D eigenvalue weighted by atomic mass is 16.5.